The van der Waals surface area contributed by atoms with E-state index in [9.17, 15) is 4.79 Å². The Hall–Kier alpha value is -1.02. The number of piperidine rings is 1. The van der Waals surface area contributed by atoms with E-state index in [1.807, 2.05) is 29.2 Å². The number of nitrogens with zero attached hydrogens (tertiary/aromatic N) is 1. The molecule has 1 fully saturated rings. The standard InChI is InChI=1S/C15H20ClNO/c1-11-4-3-5-12(2)17(11)15(18)14-8-6-13(10-16)7-9-14/h6-9,11-12H,3-5,10H2,1-2H3. The summed E-state index contributed by atoms with van der Waals surface area (Å²) < 4.78 is 0. The molecular weight excluding hydrogens is 246 g/mol. The second kappa shape index (κ2) is 5.75. The molecule has 3 heteroatoms. The maximum atomic E-state index is 12.5. The van der Waals surface area contributed by atoms with Crippen LogP contribution in [0.3, 0.4) is 0 Å². The van der Waals surface area contributed by atoms with Crippen molar-refractivity contribution < 1.29 is 4.79 Å². The van der Waals surface area contributed by atoms with Gasteiger partial charge < -0.3 is 4.90 Å². The van der Waals surface area contributed by atoms with Crippen molar-refractivity contribution in [1.82, 2.24) is 4.90 Å². The number of halogens is 1. The van der Waals surface area contributed by atoms with Crippen molar-refractivity contribution in [2.24, 2.45) is 0 Å². The average Bonchev–Trinajstić information content (AvgIpc) is 2.38. The first kappa shape index (κ1) is 13.4. The molecule has 0 radical (unpaired) electrons. The van der Waals surface area contributed by atoms with Crippen LogP contribution in [0, 0.1) is 0 Å². The maximum Gasteiger partial charge on any atom is 0.254 e. The number of hydrogen-bond donors (Lipinski definition) is 0. The second-order valence-electron chi connectivity index (χ2n) is 5.17. The SMILES string of the molecule is CC1CCCC(C)N1C(=O)c1ccc(CCl)cc1. The molecule has 1 heterocycles. The fraction of sp³-hybridized carbons (Fsp3) is 0.533. The number of carbonyl (C=O) groups excluding carboxylic acids is 1. The molecule has 1 saturated heterocycles. The smallest absolute Gasteiger partial charge is 0.254 e. The number of rotatable bonds is 2. The Morgan fingerprint density at radius 3 is 2.28 bits per heavy atom. The Morgan fingerprint density at radius 1 is 1.22 bits per heavy atom. The van der Waals surface area contributed by atoms with Crippen LogP contribution in [-0.4, -0.2) is 22.9 Å². The van der Waals surface area contributed by atoms with Gasteiger partial charge in [0.1, 0.15) is 0 Å². The summed E-state index contributed by atoms with van der Waals surface area (Å²) in [5.74, 6) is 0.640. The number of benzene rings is 1. The summed E-state index contributed by atoms with van der Waals surface area (Å²) in [6, 6.07) is 8.31. The molecule has 0 spiro atoms. The largest absolute Gasteiger partial charge is 0.333 e. The summed E-state index contributed by atoms with van der Waals surface area (Å²) in [6.07, 6.45) is 3.43. The van der Waals surface area contributed by atoms with E-state index in [2.05, 4.69) is 13.8 Å². The fourth-order valence-corrected chi connectivity index (χ4v) is 2.89. The molecule has 0 bridgehead atoms. The topological polar surface area (TPSA) is 20.3 Å². The van der Waals surface area contributed by atoms with Gasteiger partial charge in [-0.15, -0.1) is 11.6 Å². The molecule has 1 amide bonds. The predicted molar refractivity (Wildman–Crippen MR) is 74.9 cm³/mol. The summed E-state index contributed by atoms with van der Waals surface area (Å²) in [5.41, 5.74) is 1.82. The molecule has 0 N–H and O–H groups in total. The molecule has 98 valence electrons. The van der Waals surface area contributed by atoms with Gasteiger partial charge in [-0.05, 0) is 50.8 Å². The average molecular weight is 266 g/mol. The van der Waals surface area contributed by atoms with E-state index in [0.717, 1.165) is 24.0 Å². The van der Waals surface area contributed by atoms with Gasteiger partial charge in [-0.2, -0.15) is 0 Å². The molecule has 2 rings (SSSR count). The Bertz CT molecular complexity index is 405. The monoisotopic (exact) mass is 265 g/mol. The molecule has 1 aliphatic heterocycles. The maximum absolute atomic E-state index is 12.5. The zero-order valence-corrected chi connectivity index (χ0v) is 11.8. The normalized spacial score (nSPS) is 24.1. The summed E-state index contributed by atoms with van der Waals surface area (Å²) in [6.45, 7) is 4.28. The van der Waals surface area contributed by atoms with Crippen molar-refractivity contribution in [3.63, 3.8) is 0 Å². The lowest BCUT2D eigenvalue weighted by atomic mass is 9.96. The van der Waals surface area contributed by atoms with Crippen LogP contribution in [0.5, 0.6) is 0 Å². The van der Waals surface area contributed by atoms with E-state index in [1.54, 1.807) is 0 Å². The lowest BCUT2D eigenvalue weighted by Crippen LogP contribution is -2.47. The Balaban J connectivity index is 2.18. The van der Waals surface area contributed by atoms with Crippen LogP contribution in [0.15, 0.2) is 24.3 Å². The highest BCUT2D eigenvalue weighted by Gasteiger charge is 2.29. The van der Waals surface area contributed by atoms with Gasteiger partial charge >= 0.3 is 0 Å². The third-order valence-corrected chi connectivity index (χ3v) is 4.09. The van der Waals surface area contributed by atoms with E-state index < -0.39 is 0 Å². The lowest BCUT2D eigenvalue weighted by Gasteiger charge is -2.39. The van der Waals surface area contributed by atoms with Crippen LogP contribution in [0.1, 0.15) is 49.0 Å². The first-order valence-electron chi connectivity index (χ1n) is 6.61. The van der Waals surface area contributed by atoms with Gasteiger partial charge in [0.2, 0.25) is 0 Å². The van der Waals surface area contributed by atoms with E-state index in [-0.39, 0.29) is 5.91 Å². The minimum atomic E-state index is 0.149. The van der Waals surface area contributed by atoms with E-state index in [0.29, 0.717) is 18.0 Å². The molecule has 2 unspecified atom stereocenters. The molecule has 0 aromatic heterocycles. The first-order chi connectivity index (χ1) is 8.63. The summed E-state index contributed by atoms with van der Waals surface area (Å²) in [4.78, 5) is 14.5. The Kier molecular flexibility index (Phi) is 4.28. The van der Waals surface area contributed by atoms with Crippen LogP contribution >= 0.6 is 11.6 Å². The van der Waals surface area contributed by atoms with Crippen LogP contribution in [0.4, 0.5) is 0 Å². The molecule has 1 aromatic rings. The van der Waals surface area contributed by atoms with E-state index >= 15 is 0 Å². The van der Waals surface area contributed by atoms with Gasteiger partial charge in [-0.3, -0.25) is 4.79 Å². The van der Waals surface area contributed by atoms with Gasteiger partial charge in [0, 0.05) is 23.5 Å². The van der Waals surface area contributed by atoms with Gasteiger partial charge in [-0.1, -0.05) is 12.1 Å². The predicted octanol–water partition coefficient (Wildman–Crippen LogP) is 3.83. The Morgan fingerprint density at radius 2 is 1.78 bits per heavy atom. The Labute approximate surface area is 114 Å². The highest BCUT2D eigenvalue weighted by atomic mass is 35.5. The van der Waals surface area contributed by atoms with E-state index in [1.165, 1.54) is 6.42 Å². The highest BCUT2D eigenvalue weighted by Crippen LogP contribution is 2.24. The van der Waals surface area contributed by atoms with Crippen molar-refractivity contribution in [2.45, 2.75) is 51.1 Å². The minimum absolute atomic E-state index is 0.149. The molecule has 2 nitrogen and oxygen atoms in total. The molecule has 1 aromatic carbocycles. The molecule has 0 saturated carbocycles. The fourth-order valence-electron chi connectivity index (χ4n) is 2.71. The minimum Gasteiger partial charge on any atom is -0.333 e. The zero-order valence-electron chi connectivity index (χ0n) is 11.0. The van der Waals surface area contributed by atoms with Crippen molar-refractivity contribution in [2.75, 3.05) is 0 Å². The molecular formula is C15H20ClNO. The zero-order chi connectivity index (χ0) is 13.1. The number of hydrogen-bond acceptors (Lipinski definition) is 1. The molecule has 18 heavy (non-hydrogen) atoms. The third kappa shape index (κ3) is 2.69. The quantitative estimate of drug-likeness (QED) is 0.745. The lowest BCUT2D eigenvalue weighted by molar-refractivity contribution is 0.0511. The van der Waals surface area contributed by atoms with Crippen molar-refractivity contribution in [3.05, 3.63) is 35.4 Å². The third-order valence-electron chi connectivity index (χ3n) is 3.78. The van der Waals surface area contributed by atoms with Gasteiger partial charge in [0.25, 0.3) is 5.91 Å². The summed E-state index contributed by atoms with van der Waals surface area (Å²) in [5, 5.41) is 0. The first-order valence-corrected chi connectivity index (χ1v) is 7.14. The van der Waals surface area contributed by atoms with Crippen molar-refractivity contribution in [1.29, 1.82) is 0 Å². The number of likely N-dealkylation sites (tertiary alicyclic amines) is 1. The van der Waals surface area contributed by atoms with E-state index in [4.69, 9.17) is 11.6 Å². The summed E-state index contributed by atoms with van der Waals surface area (Å²) >= 11 is 5.76. The van der Waals surface area contributed by atoms with Crippen LogP contribution in [0.2, 0.25) is 0 Å². The van der Waals surface area contributed by atoms with Gasteiger partial charge in [0.05, 0.1) is 0 Å². The van der Waals surface area contributed by atoms with Crippen molar-refractivity contribution >= 4 is 17.5 Å². The second-order valence-corrected chi connectivity index (χ2v) is 5.44. The van der Waals surface area contributed by atoms with Crippen LogP contribution in [0.25, 0.3) is 0 Å². The van der Waals surface area contributed by atoms with Gasteiger partial charge in [0.15, 0.2) is 0 Å². The highest BCUT2D eigenvalue weighted by molar-refractivity contribution is 6.17. The van der Waals surface area contributed by atoms with Crippen LogP contribution in [-0.2, 0) is 5.88 Å². The number of alkyl halides is 1. The van der Waals surface area contributed by atoms with Gasteiger partial charge in [-0.25, -0.2) is 0 Å². The molecule has 0 aliphatic carbocycles. The summed E-state index contributed by atoms with van der Waals surface area (Å²) in [7, 11) is 0. The van der Waals surface area contributed by atoms with Crippen LogP contribution < -0.4 is 0 Å². The molecule has 2 atom stereocenters. The molecule has 1 aliphatic rings. The number of carbonyl (C=O) groups is 1. The number of amides is 1. The van der Waals surface area contributed by atoms with Crippen molar-refractivity contribution in [3.8, 4) is 0 Å².